The largest absolute Gasteiger partial charge is 0.434 e. The summed E-state index contributed by atoms with van der Waals surface area (Å²) in [6.07, 6.45) is 1.56. The Bertz CT molecular complexity index is 747. The van der Waals surface area contributed by atoms with Gasteiger partial charge in [0.15, 0.2) is 0 Å². The van der Waals surface area contributed by atoms with Crippen LogP contribution in [0.4, 0.5) is 20.3 Å². The third-order valence-electron chi connectivity index (χ3n) is 4.18. The fraction of sp³-hybridized carbons (Fsp3) is 0.333. The van der Waals surface area contributed by atoms with Crippen molar-refractivity contribution >= 4 is 17.4 Å². The zero-order chi connectivity index (χ0) is 18.5. The van der Waals surface area contributed by atoms with Crippen molar-refractivity contribution < 1.29 is 18.3 Å². The summed E-state index contributed by atoms with van der Waals surface area (Å²) in [5, 5.41) is 2.66. The molecule has 1 saturated heterocycles. The van der Waals surface area contributed by atoms with Gasteiger partial charge in [-0.2, -0.15) is 8.78 Å². The number of nitrogens with one attached hydrogen (secondary N) is 1. The molecular formula is C18H20F2N4O2. The average Bonchev–Trinajstić information content (AvgIpc) is 2.63. The van der Waals surface area contributed by atoms with E-state index in [1.54, 1.807) is 18.3 Å². The summed E-state index contributed by atoms with van der Waals surface area (Å²) in [4.78, 5) is 21.2. The molecule has 8 heteroatoms. The van der Waals surface area contributed by atoms with E-state index in [0.29, 0.717) is 5.69 Å². The van der Waals surface area contributed by atoms with E-state index in [0.717, 1.165) is 32.0 Å². The predicted octanol–water partition coefficient (Wildman–Crippen LogP) is 2.69. The molecule has 1 fully saturated rings. The van der Waals surface area contributed by atoms with Gasteiger partial charge in [0.25, 0.3) is 5.91 Å². The van der Waals surface area contributed by atoms with Gasteiger partial charge < -0.3 is 19.9 Å². The Morgan fingerprint density at radius 3 is 2.54 bits per heavy atom. The molecule has 3 rings (SSSR count). The number of nitrogens with zero attached hydrogens (tertiary/aromatic N) is 3. The summed E-state index contributed by atoms with van der Waals surface area (Å²) in [5.74, 6) is 0.148. The number of para-hydroxylation sites is 1. The maximum atomic E-state index is 12.5. The number of hydrogen-bond acceptors (Lipinski definition) is 5. The SMILES string of the molecule is CN1CCN(c2ccc(NC(=O)c3ccccc3OC(F)F)cn2)CC1. The van der Waals surface area contributed by atoms with Crippen molar-refractivity contribution in [3.05, 3.63) is 48.2 Å². The molecule has 1 aromatic heterocycles. The van der Waals surface area contributed by atoms with Crippen LogP contribution in [-0.2, 0) is 0 Å². The van der Waals surface area contributed by atoms with Crippen LogP contribution in [0.2, 0.25) is 0 Å². The molecule has 2 heterocycles. The first-order chi connectivity index (χ1) is 12.5. The first-order valence-electron chi connectivity index (χ1n) is 8.27. The number of ether oxygens (including phenoxy) is 1. The third-order valence-corrected chi connectivity index (χ3v) is 4.18. The minimum absolute atomic E-state index is 0.0379. The van der Waals surface area contributed by atoms with Gasteiger partial charge in [0.1, 0.15) is 11.6 Å². The van der Waals surface area contributed by atoms with Gasteiger partial charge in [-0.25, -0.2) is 4.98 Å². The number of likely N-dealkylation sites (N-methyl/N-ethyl adjacent to an activating group) is 1. The Labute approximate surface area is 150 Å². The lowest BCUT2D eigenvalue weighted by Gasteiger charge is -2.33. The van der Waals surface area contributed by atoms with Gasteiger partial charge in [0.05, 0.1) is 17.4 Å². The van der Waals surface area contributed by atoms with E-state index >= 15 is 0 Å². The second kappa shape index (κ2) is 8.09. The highest BCUT2D eigenvalue weighted by Crippen LogP contribution is 2.22. The molecule has 0 unspecified atom stereocenters. The zero-order valence-corrected chi connectivity index (χ0v) is 14.4. The quantitative estimate of drug-likeness (QED) is 0.886. The van der Waals surface area contributed by atoms with Crippen molar-refractivity contribution in [1.29, 1.82) is 0 Å². The summed E-state index contributed by atoms with van der Waals surface area (Å²) >= 11 is 0. The molecule has 6 nitrogen and oxygen atoms in total. The molecule has 0 spiro atoms. The van der Waals surface area contributed by atoms with Gasteiger partial charge in [0, 0.05) is 26.2 Å². The average molecular weight is 362 g/mol. The topological polar surface area (TPSA) is 57.7 Å². The van der Waals surface area contributed by atoms with Crippen molar-refractivity contribution in [2.75, 3.05) is 43.4 Å². The molecule has 0 bridgehead atoms. The van der Waals surface area contributed by atoms with Crippen molar-refractivity contribution in [3.8, 4) is 5.75 Å². The molecule has 138 valence electrons. The van der Waals surface area contributed by atoms with Gasteiger partial charge in [0.2, 0.25) is 0 Å². The number of alkyl halides is 2. The lowest BCUT2D eigenvalue weighted by atomic mass is 10.2. The second-order valence-corrected chi connectivity index (χ2v) is 6.02. The highest BCUT2D eigenvalue weighted by Gasteiger charge is 2.17. The molecule has 0 atom stereocenters. The Morgan fingerprint density at radius 2 is 1.88 bits per heavy atom. The maximum Gasteiger partial charge on any atom is 0.387 e. The maximum absolute atomic E-state index is 12.5. The minimum atomic E-state index is -2.99. The van der Waals surface area contributed by atoms with E-state index in [9.17, 15) is 13.6 Å². The molecule has 0 radical (unpaired) electrons. The number of amides is 1. The number of carbonyl (C=O) groups excluding carboxylic acids is 1. The summed E-state index contributed by atoms with van der Waals surface area (Å²) in [6, 6.07) is 9.45. The Morgan fingerprint density at radius 1 is 1.15 bits per heavy atom. The summed E-state index contributed by atoms with van der Waals surface area (Å²) in [7, 11) is 2.08. The molecule has 26 heavy (non-hydrogen) atoms. The fourth-order valence-corrected chi connectivity index (χ4v) is 2.73. The lowest BCUT2D eigenvalue weighted by molar-refractivity contribution is -0.0501. The lowest BCUT2D eigenvalue weighted by Crippen LogP contribution is -2.44. The van der Waals surface area contributed by atoms with Gasteiger partial charge in [-0.3, -0.25) is 4.79 Å². The first kappa shape index (κ1) is 18.1. The molecule has 1 amide bonds. The number of hydrogen-bond donors (Lipinski definition) is 1. The normalized spacial score (nSPS) is 15.2. The van der Waals surface area contributed by atoms with E-state index in [1.807, 2.05) is 6.07 Å². The Balaban J connectivity index is 1.67. The standard InChI is InChI=1S/C18H20F2N4O2/c1-23-8-10-24(11-9-23)16-7-6-13(12-21-16)22-17(25)14-4-2-3-5-15(14)26-18(19)20/h2-7,12,18H,8-11H2,1H3,(H,22,25). The summed E-state index contributed by atoms with van der Waals surface area (Å²) < 4.78 is 29.3. The third kappa shape index (κ3) is 4.45. The van der Waals surface area contributed by atoms with E-state index in [-0.39, 0.29) is 11.3 Å². The van der Waals surface area contributed by atoms with Crippen LogP contribution in [-0.4, -0.2) is 55.6 Å². The molecule has 0 aliphatic carbocycles. The van der Waals surface area contributed by atoms with Crippen LogP contribution in [0, 0.1) is 0 Å². The number of anilines is 2. The van der Waals surface area contributed by atoms with E-state index in [2.05, 4.69) is 31.9 Å². The van der Waals surface area contributed by atoms with Crippen LogP contribution in [0.3, 0.4) is 0 Å². The van der Waals surface area contributed by atoms with Crippen LogP contribution < -0.4 is 15.0 Å². The van der Waals surface area contributed by atoms with Gasteiger partial charge in [-0.05, 0) is 31.3 Å². The molecule has 1 N–H and O–H groups in total. The number of piperazine rings is 1. The molecule has 1 aliphatic rings. The summed E-state index contributed by atoms with van der Waals surface area (Å²) in [6.45, 7) is 0.747. The molecule has 1 aromatic carbocycles. The van der Waals surface area contributed by atoms with Crippen molar-refractivity contribution in [1.82, 2.24) is 9.88 Å². The predicted molar refractivity (Wildman–Crippen MR) is 95.0 cm³/mol. The Hall–Kier alpha value is -2.74. The van der Waals surface area contributed by atoms with E-state index in [4.69, 9.17) is 0 Å². The first-order valence-corrected chi connectivity index (χ1v) is 8.27. The highest BCUT2D eigenvalue weighted by molar-refractivity contribution is 6.06. The van der Waals surface area contributed by atoms with Crippen LogP contribution >= 0.6 is 0 Å². The number of benzene rings is 1. The smallest absolute Gasteiger partial charge is 0.387 e. The Kier molecular flexibility index (Phi) is 5.62. The van der Waals surface area contributed by atoms with Gasteiger partial charge >= 0.3 is 6.61 Å². The molecule has 0 saturated carbocycles. The van der Waals surface area contributed by atoms with Crippen LogP contribution in [0.5, 0.6) is 5.75 Å². The van der Waals surface area contributed by atoms with Crippen molar-refractivity contribution in [2.24, 2.45) is 0 Å². The fourth-order valence-electron chi connectivity index (χ4n) is 2.73. The second-order valence-electron chi connectivity index (χ2n) is 6.02. The minimum Gasteiger partial charge on any atom is -0.434 e. The molecular weight excluding hydrogens is 342 g/mol. The van der Waals surface area contributed by atoms with Crippen LogP contribution in [0.25, 0.3) is 0 Å². The monoisotopic (exact) mass is 362 g/mol. The number of aromatic nitrogens is 1. The highest BCUT2D eigenvalue weighted by atomic mass is 19.3. The number of rotatable bonds is 5. The molecule has 1 aliphatic heterocycles. The van der Waals surface area contributed by atoms with Crippen LogP contribution in [0.15, 0.2) is 42.6 Å². The molecule has 2 aromatic rings. The number of carbonyl (C=O) groups is 1. The number of halogens is 2. The van der Waals surface area contributed by atoms with Gasteiger partial charge in [-0.15, -0.1) is 0 Å². The summed E-state index contributed by atoms with van der Waals surface area (Å²) in [5.41, 5.74) is 0.524. The van der Waals surface area contributed by atoms with E-state index in [1.165, 1.54) is 18.2 Å². The van der Waals surface area contributed by atoms with Crippen molar-refractivity contribution in [3.63, 3.8) is 0 Å². The zero-order valence-electron chi connectivity index (χ0n) is 14.4. The van der Waals surface area contributed by atoms with Crippen LogP contribution in [0.1, 0.15) is 10.4 Å². The van der Waals surface area contributed by atoms with E-state index < -0.39 is 12.5 Å². The number of pyridine rings is 1. The van der Waals surface area contributed by atoms with Gasteiger partial charge in [-0.1, -0.05) is 12.1 Å². The van der Waals surface area contributed by atoms with Crippen molar-refractivity contribution in [2.45, 2.75) is 6.61 Å².